The van der Waals surface area contributed by atoms with E-state index >= 15 is 0 Å². The normalized spacial score (nSPS) is 17.5. The molecule has 1 heterocycles. The van der Waals surface area contributed by atoms with Crippen molar-refractivity contribution in [2.24, 2.45) is 0 Å². The van der Waals surface area contributed by atoms with Crippen LogP contribution in [0.2, 0.25) is 0 Å². The Morgan fingerprint density at radius 3 is 2.38 bits per heavy atom. The fourth-order valence-corrected chi connectivity index (χ4v) is 3.35. The highest BCUT2D eigenvalue weighted by atomic mass is 32.1. The van der Waals surface area contributed by atoms with Crippen LogP contribution < -0.4 is 24.8 Å². The highest BCUT2D eigenvalue weighted by Gasteiger charge is 2.34. The Hall–Kier alpha value is -2.47. The van der Waals surface area contributed by atoms with Crippen LogP contribution in [0.4, 0.5) is 5.69 Å². The van der Waals surface area contributed by atoms with Crippen LogP contribution in [-0.2, 0) is 0 Å². The molecular weight excluding hydrogens is 348 g/mol. The van der Waals surface area contributed by atoms with Crippen LogP contribution in [0.15, 0.2) is 42.5 Å². The van der Waals surface area contributed by atoms with Crippen molar-refractivity contribution in [2.45, 2.75) is 31.9 Å². The summed E-state index contributed by atoms with van der Waals surface area (Å²) in [7, 11) is 3.30. The highest BCUT2D eigenvalue weighted by Crippen LogP contribution is 2.41. The van der Waals surface area contributed by atoms with Crippen molar-refractivity contribution >= 4 is 23.0 Å². The fourth-order valence-electron chi connectivity index (χ4n) is 3.09. The molecular formula is C20H24N2O3S. The van der Waals surface area contributed by atoms with E-state index in [4.69, 9.17) is 26.4 Å². The zero-order valence-corrected chi connectivity index (χ0v) is 16.3. The molecule has 2 aromatic carbocycles. The third-order valence-corrected chi connectivity index (χ3v) is 4.55. The molecule has 0 saturated heterocycles. The number of anilines is 1. The van der Waals surface area contributed by atoms with Gasteiger partial charge in [0.05, 0.1) is 20.3 Å². The Morgan fingerprint density at radius 2 is 1.73 bits per heavy atom. The summed E-state index contributed by atoms with van der Waals surface area (Å²) in [4.78, 5) is 0. The molecule has 26 heavy (non-hydrogen) atoms. The van der Waals surface area contributed by atoms with Gasteiger partial charge >= 0.3 is 0 Å². The van der Waals surface area contributed by atoms with Gasteiger partial charge in [-0.1, -0.05) is 0 Å². The number of thiocarbonyl (C=S) groups is 1. The molecule has 2 aromatic rings. The van der Waals surface area contributed by atoms with Gasteiger partial charge in [0.25, 0.3) is 0 Å². The molecule has 0 bridgehead atoms. The van der Waals surface area contributed by atoms with Gasteiger partial charge in [-0.25, -0.2) is 0 Å². The van der Waals surface area contributed by atoms with Crippen LogP contribution in [-0.4, -0.2) is 24.9 Å². The maximum atomic E-state index is 6.12. The summed E-state index contributed by atoms with van der Waals surface area (Å²) >= 11 is 5.51. The average molecular weight is 372 g/mol. The first-order valence-electron chi connectivity index (χ1n) is 8.49. The second-order valence-electron chi connectivity index (χ2n) is 6.85. The summed E-state index contributed by atoms with van der Waals surface area (Å²) in [5.41, 5.74) is 1.68. The average Bonchev–Trinajstić information content (AvgIpc) is 2.60. The minimum Gasteiger partial charge on any atom is -0.497 e. The summed E-state index contributed by atoms with van der Waals surface area (Å²) < 4.78 is 16.6. The van der Waals surface area contributed by atoms with Gasteiger partial charge in [0, 0.05) is 23.7 Å². The van der Waals surface area contributed by atoms with Gasteiger partial charge in [-0.15, -0.1) is 0 Å². The van der Waals surface area contributed by atoms with Crippen LogP contribution in [0.3, 0.4) is 0 Å². The SMILES string of the molecule is COc1ccc(NC(=S)NC2CC(C)(C)Oc3cc(OC)ccc32)cc1. The van der Waals surface area contributed by atoms with E-state index < -0.39 is 0 Å². The largest absolute Gasteiger partial charge is 0.497 e. The Labute approximate surface area is 159 Å². The molecule has 0 spiro atoms. The molecule has 2 N–H and O–H groups in total. The van der Waals surface area contributed by atoms with Crippen LogP contribution in [0.5, 0.6) is 17.2 Å². The van der Waals surface area contributed by atoms with E-state index in [2.05, 4.69) is 24.5 Å². The lowest BCUT2D eigenvalue weighted by molar-refractivity contribution is 0.0693. The molecule has 0 radical (unpaired) electrons. The predicted octanol–water partition coefficient (Wildman–Crippen LogP) is 4.29. The molecule has 1 aliphatic heterocycles. The van der Waals surface area contributed by atoms with Gasteiger partial charge < -0.3 is 24.8 Å². The molecule has 5 nitrogen and oxygen atoms in total. The molecule has 6 heteroatoms. The Kier molecular flexibility index (Phi) is 5.23. The quantitative estimate of drug-likeness (QED) is 0.781. The van der Waals surface area contributed by atoms with E-state index in [9.17, 15) is 0 Å². The van der Waals surface area contributed by atoms with Crippen molar-refractivity contribution in [3.8, 4) is 17.2 Å². The number of hydrogen-bond acceptors (Lipinski definition) is 4. The van der Waals surface area contributed by atoms with Gasteiger partial charge in [-0.3, -0.25) is 0 Å². The smallest absolute Gasteiger partial charge is 0.171 e. The molecule has 138 valence electrons. The Morgan fingerprint density at radius 1 is 1.08 bits per heavy atom. The Bertz CT molecular complexity index is 790. The minimum atomic E-state index is -0.299. The second kappa shape index (κ2) is 7.41. The molecule has 1 atom stereocenters. The van der Waals surface area contributed by atoms with Crippen molar-refractivity contribution < 1.29 is 14.2 Å². The van der Waals surface area contributed by atoms with Crippen LogP contribution in [0.25, 0.3) is 0 Å². The number of nitrogens with one attached hydrogen (secondary N) is 2. The number of benzene rings is 2. The third-order valence-electron chi connectivity index (χ3n) is 4.33. The number of fused-ring (bicyclic) bond motifs is 1. The van der Waals surface area contributed by atoms with Crippen molar-refractivity contribution in [3.05, 3.63) is 48.0 Å². The molecule has 0 amide bonds. The first kappa shape index (κ1) is 18.3. The van der Waals surface area contributed by atoms with Crippen molar-refractivity contribution in [1.29, 1.82) is 0 Å². The van der Waals surface area contributed by atoms with Gasteiger partial charge in [-0.2, -0.15) is 0 Å². The molecule has 0 aromatic heterocycles. The molecule has 3 rings (SSSR count). The number of ether oxygens (including phenoxy) is 3. The van der Waals surface area contributed by atoms with E-state index in [-0.39, 0.29) is 11.6 Å². The standard InChI is InChI=1S/C20H24N2O3S/c1-20(2)12-17(16-10-9-15(24-4)11-18(16)25-20)22-19(26)21-13-5-7-14(23-3)8-6-13/h5-11,17H,12H2,1-4H3,(H2,21,22,26). The molecule has 0 fully saturated rings. The Balaban J connectivity index is 1.75. The maximum Gasteiger partial charge on any atom is 0.171 e. The van der Waals surface area contributed by atoms with Gasteiger partial charge in [0.1, 0.15) is 22.8 Å². The van der Waals surface area contributed by atoms with E-state index in [1.807, 2.05) is 42.5 Å². The molecule has 0 aliphatic carbocycles. The van der Waals surface area contributed by atoms with Crippen LogP contribution in [0.1, 0.15) is 31.9 Å². The topological polar surface area (TPSA) is 51.8 Å². The number of hydrogen-bond donors (Lipinski definition) is 2. The molecule has 0 saturated carbocycles. The van der Waals surface area contributed by atoms with Gasteiger partial charge in [0.15, 0.2) is 5.11 Å². The molecule has 1 aliphatic rings. The van der Waals surface area contributed by atoms with E-state index in [1.165, 1.54) is 0 Å². The maximum absolute atomic E-state index is 6.12. The van der Waals surface area contributed by atoms with E-state index in [1.54, 1.807) is 14.2 Å². The zero-order valence-electron chi connectivity index (χ0n) is 15.5. The second-order valence-corrected chi connectivity index (χ2v) is 7.26. The summed E-state index contributed by atoms with van der Waals surface area (Å²) in [6.07, 6.45) is 0.802. The van der Waals surface area contributed by atoms with Gasteiger partial charge in [-0.05, 0) is 62.5 Å². The first-order valence-corrected chi connectivity index (χ1v) is 8.89. The summed E-state index contributed by atoms with van der Waals surface area (Å²) in [6, 6.07) is 13.6. The van der Waals surface area contributed by atoms with Crippen LogP contribution in [0, 0.1) is 0 Å². The van der Waals surface area contributed by atoms with Crippen molar-refractivity contribution in [3.63, 3.8) is 0 Å². The van der Waals surface area contributed by atoms with E-state index in [0.29, 0.717) is 5.11 Å². The molecule has 1 unspecified atom stereocenters. The highest BCUT2D eigenvalue weighted by molar-refractivity contribution is 7.80. The van der Waals surface area contributed by atoms with Crippen LogP contribution >= 0.6 is 12.2 Å². The van der Waals surface area contributed by atoms with Gasteiger partial charge in [0.2, 0.25) is 0 Å². The lowest BCUT2D eigenvalue weighted by Gasteiger charge is -2.38. The monoisotopic (exact) mass is 372 g/mol. The number of rotatable bonds is 4. The predicted molar refractivity (Wildman–Crippen MR) is 107 cm³/mol. The third kappa shape index (κ3) is 4.19. The summed E-state index contributed by atoms with van der Waals surface area (Å²) in [6.45, 7) is 4.15. The van der Waals surface area contributed by atoms with Crippen molar-refractivity contribution in [2.75, 3.05) is 19.5 Å². The zero-order chi connectivity index (χ0) is 18.7. The minimum absolute atomic E-state index is 0.0536. The van der Waals surface area contributed by atoms with Crippen molar-refractivity contribution in [1.82, 2.24) is 5.32 Å². The summed E-state index contributed by atoms with van der Waals surface area (Å²) in [5.74, 6) is 2.41. The lowest BCUT2D eigenvalue weighted by atomic mass is 9.89. The first-order chi connectivity index (χ1) is 12.4. The fraction of sp³-hybridized carbons (Fsp3) is 0.350. The number of methoxy groups -OCH3 is 2. The van der Waals surface area contributed by atoms with E-state index in [0.717, 1.165) is 34.9 Å². The lowest BCUT2D eigenvalue weighted by Crippen LogP contribution is -2.42. The summed E-state index contributed by atoms with van der Waals surface area (Å²) in [5, 5.41) is 7.20.